The molecule has 1 aliphatic heterocycles. The summed E-state index contributed by atoms with van der Waals surface area (Å²) in [6.07, 6.45) is 7.38. The molecule has 2 aromatic rings. The van der Waals surface area contributed by atoms with E-state index in [4.69, 9.17) is 11.5 Å². The minimum absolute atomic E-state index is 0.138. The maximum absolute atomic E-state index is 13.0. The van der Waals surface area contributed by atoms with E-state index < -0.39 is 0 Å². The van der Waals surface area contributed by atoms with Crippen molar-refractivity contribution in [2.24, 2.45) is 5.73 Å². The highest BCUT2D eigenvalue weighted by atomic mass is 16.1. The van der Waals surface area contributed by atoms with E-state index in [0.29, 0.717) is 17.3 Å². The Labute approximate surface area is 166 Å². The van der Waals surface area contributed by atoms with Crippen LogP contribution >= 0.6 is 0 Å². The molecule has 1 saturated heterocycles. The Morgan fingerprint density at radius 3 is 2.82 bits per heavy atom. The number of amides is 1. The fraction of sp³-hybridized carbons (Fsp3) is 0.476. The maximum Gasteiger partial charge on any atom is 0.276 e. The van der Waals surface area contributed by atoms with E-state index in [1.807, 2.05) is 12.1 Å². The Hall–Kier alpha value is -2.67. The molecule has 1 aliphatic rings. The van der Waals surface area contributed by atoms with Crippen molar-refractivity contribution in [2.75, 3.05) is 29.0 Å². The maximum atomic E-state index is 13.0. The molecule has 0 aliphatic carbocycles. The van der Waals surface area contributed by atoms with Crippen LogP contribution in [0.15, 0.2) is 30.6 Å². The summed E-state index contributed by atoms with van der Waals surface area (Å²) in [5.74, 6) is -0.00296. The van der Waals surface area contributed by atoms with Gasteiger partial charge in [-0.2, -0.15) is 0 Å². The molecule has 150 valence electrons. The van der Waals surface area contributed by atoms with E-state index in [2.05, 4.69) is 34.0 Å². The fourth-order valence-corrected chi connectivity index (χ4v) is 3.77. The number of nitrogens with zero attached hydrogens (tertiary/aromatic N) is 3. The number of hydrogen-bond acceptors (Lipinski definition) is 6. The van der Waals surface area contributed by atoms with Gasteiger partial charge in [0.1, 0.15) is 0 Å². The van der Waals surface area contributed by atoms with Gasteiger partial charge in [-0.15, -0.1) is 0 Å². The number of pyridine rings is 2. The summed E-state index contributed by atoms with van der Waals surface area (Å²) in [7, 11) is 0. The molecule has 7 heteroatoms. The van der Waals surface area contributed by atoms with Gasteiger partial charge in [-0.25, -0.2) is 4.98 Å². The Kier molecular flexibility index (Phi) is 6.46. The van der Waals surface area contributed by atoms with Crippen molar-refractivity contribution in [1.82, 2.24) is 9.97 Å². The van der Waals surface area contributed by atoms with Crippen molar-refractivity contribution in [2.45, 2.75) is 51.5 Å². The molecule has 7 nitrogen and oxygen atoms in total. The third-order valence-electron chi connectivity index (χ3n) is 5.41. The second kappa shape index (κ2) is 9.01. The first kappa shape index (κ1) is 20.1. The Balaban J connectivity index is 1.85. The van der Waals surface area contributed by atoms with Crippen LogP contribution in [0.2, 0.25) is 0 Å². The number of aromatic nitrogens is 2. The van der Waals surface area contributed by atoms with Gasteiger partial charge in [-0.3, -0.25) is 9.78 Å². The quantitative estimate of drug-likeness (QED) is 0.708. The lowest BCUT2D eigenvalue weighted by molar-refractivity contribution is 0.102. The second-order valence-electron chi connectivity index (χ2n) is 7.38. The number of carbonyl (C=O) groups is 1. The summed E-state index contributed by atoms with van der Waals surface area (Å²) < 4.78 is 0. The van der Waals surface area contributed by atoms with Gasteiger partial charge in [0.15, 0.2) is 5.69 Å². The van der Waals surface area contributed by atoms with Gasteiger partial charge in [0.2, 0.25) is 0 Å². The molecule has 1 fully saturated rings. The minimum Gasteiger partial charge on any atom is -0.397 e. The van der Waals surface area contributed by atoms with Gasteiger partial charge in [0.05, 0.1) is 23.3 Å². The first-order valence-corrected chi connectivity index (χ1v) is 10.1. The number of piperidine rings is 1. The third-order valence-corrected chi connectivity index (χ3v) is 5.41. The monoisotopic (exact) mass is 382 g/mol. The number of rotatable bonds is 6. The van der Waals surface area contributed by atoms with Gasteiger partial charge < -0.3 is 21.7 Å². The van der Waals surface area contributed by atoms with E-state index in [1.54, 1.807) is 18.5 Å². The lowest BCUT2D eigenvalue weighted by Crippen LogP contribution is -2.43. The van der Waals surface area contributed by atoms with E-state index in [0.717, 1.165) is 50.2 Å². The van der Waals surface area contributed by atoms with Crippen LogP contribution in [0.25, 0.3) is 0 Å². The van der Waals surface area contributed by atoms with Crippen molar-refractivity contribution in [1.29, 1.82) is 0 Å². The molecule has 0 bridgehead atoms. The van der Waals surface area contributed by atoms with Gasteiger partial charge >= 0.3 is 0 Å². The molecule has 5 N–H and O–H groups in total. The zero-order chi connectivity index (χ0) is 20.1. The second-order valence-corrected chi connectivity index (χ2v) is 7.38. The molecule has 1 atom stereocenters. The molecular weight excluding hydrogens is 352 g/mol. The molecule has 28 heavy (non-hydrogen) atoms. The normalized spacial score (nSPS) is 17.0. The number of carbonyl (C=O) groups excluding carboxylic acids is 1. The number of nitrogen functional groups attached to an aromatic ring is 1. The third kappa shape index (κ3) is 4.42. The first-order valence-electron chi connectivity index (χ1n) is 10.1. The van der Waals surface area contributed by atoms with Crippen molar-refractivity contribution in [3.05, 3.63) is 42.0 Å². The van der Waals surface area contributed by atoms with E-state index in [-0.39, 0.29) is 17.6 Å². The molecule has 0 spiro atoms. The SMILES string of the molecule is CCC(CC)c1ccc(N)c(C(=O)Nc2cnccc2N2CCC[C@H](N)C2)n1. The molecule has 2 aromatic heterocycles. The summed E-state index contributed by atoms with van der Waals surface area (Å²) in [4.78, 5) is 23.9. The summed E-state index contributed by atoms with van der Waals surface area (Å²) in [5, 5.41) is 2.96. The first-order chi connectivity index (χ1) is 13.5. The fourth-order valence-electron chi connectivity index (χ4n) is 3.77. The van der Waals surface area contributed by atoms with E-state index >= 15 is 0 Å². The molecule has 3 rings (SSSR count). The molecule has 0 aromatic carbocycles. The highest BCUT2D eigenvalue weighted by molar-refractivity contribution is 6.07. The van der Waals surface area contributed by atoms with Crippen molar-refractivity contribution in [3.8, 4) is 0 Å². The van der Waals surface area contributed by atoms with Crippen LogP contribution in [0.5, 0.6) is 0 Å². The largest absolute Gasteiger partial charge is 0.397 e. The van der Waals surface area contributed by atoms with Crippen LogP contribution in [0, 0.1) is 0 Å². The summed E-state index contributed by atoms with van der Waals surface area (Å²) in [5.41, 5.74) is 15.3. The number of nitrogens with one attached hydrogen (secondary N) is 1. The molecule has 0 saturated carbocycles. The van der Waals surface area contributed by atoms with Crippen LogP contribution in [-0.4, -0.2) is 35.0 Å². The predicted molar refractivity (Wildman–Crippen MR) is 114 cm³/mol. The summed E-state index contributed by atoms with van der Waals surface area (Å²) in [6.45, 7) is 5.91. The number of nitrogens with two attached hydrogens (primary N) is 2. The Morgan fingerprint density at radius 1 is 1.32 bits per heavy atom. The van der Waals surface area contributed by atoms with Gasteiger partial charge in [0.25, 0.3) is 5.91 Å². The minimum atomic E-state index is -0.319. The average molecular weight is 383 g/mol. The summed E-state index contributed by atoms with van der Waals surface area (Å²) in [6, 6.07) is 5.72. The molecule has 0 unspecified atom stereocenters. The Morgan fingerprint density at radius 2 is 2.11 bits per heavy atom. The highest BCUT2D eigenvalue weighted by Gasteiger charge is 2.22. The topological polar surface area (TPSA) is 110 Å². The standard InChI is InChI=1S/C21H30N6O/c1-3-14(4-2)17-8-7-16(23)20(25-17)21(28)26-18-12-24-10-9-19(18)27-11-5-6-15(22)13-27/h7-10,12,14-15H,3-6,11,13,22-23H2,1-2H3,(H,26,28)/t15-/m0/s1. The van der Waals surface area contributed by atoms with Crippen molar-refractivity contribution in [3.63, 3.8) is 0 Å². The van der Waals surface area contributed by atoms with Gasteiger partial charge in [-0.1, -0.05) is 13.8 Å². The Bertz CT molecular complexity index is 820. The molecule has 1 amide bonds. The van der Waals surface area contributed by atoms with Crippen molar-refractivity contribution < 1.29 is 4.79 Å². The van der Waals surface area contributed by atoms with Crippen LogP contribution in [0.4, 0.5) is 17.1 Å². The van der Waals surface area contributed by atoms with E-state index in [1.165, 1.54) is 0 Å². The number of anilines is 3. The molecular formula is C21H30N6O. The smallest absolute Gasteiger partial charge is 0.276 e. The molecule has 3 heterocycles. The van der Waals surface area contributed by atoms with E-state index in [9.17, 15) is 4.79 Å². The lowest BCUT2D eigenvalue weighted by atomic mass is 9.98. The van der Waals surface area contributed by atoms with Crippen LogP contribution in [0.1, 0.15) is 61.6 Å². The van der Waals surface area contributed by atoms with Gasteiger partial charge in [0, 0.05) is 36.9 Å². The highest BCUT2D eigenvalue weighted by Crippen LogP contribution is 2.28. The number of hydrogen-bond donors (Lipinski definition) is 3. The zero-order valence-electron chi connectivity index (χ0n) is 16.7. The average Bonchev–Trinajstić information content (AvgIpc) is 2.70. The van der Waals surface area contributed by atoms with Gasteiger partial charge in [-0.05, 0) is 43.9 Å². The summed E-state index contributed by atoms with van der Waals surface area (Å²) >= 11 is 0. The van der Waals surface area contributed by atoms with Crippen LogP contribution in [-0.2, 0) is 0 Å². The van der Waals surface area contributed by atoms with Crippen LogP contribution < -0.4 is 21.7 Å². The zero-order valence-corrected chi connectivity index (χ0v) is 16.7. The molecule has 0 radical (unpaired) electrons. The van der Waals surface area contributed by atoms with Crippen LogP contribution in [0.3, 0.4) is 0 Å². The lowest BCUT2D eigenvalue weighted by Gasteiger charge is -2.33. The predicted octanol–water partition coefficient (Wildman–Crippen LogP) is 3.14. The van der Waals surface area contributed by atoms with Crippen molar-refractivity contribution >= 4 is 23.0 Å².